The zero-order chi connectivity index (χ0) is 13.9. The van der Waals surface area contributed by atoms with Crippen molar-refractivity contribution in [3.05, 3.63) is 59.7 Å². The van der Waals surface area contributed by atoms with Gasteiger partial charge in [0.05, 0.1) is 12.7 Å². The van der Waals surface area contributed by atoms with Crippen molar-refractivity contribution < 1.29 is 9.84 Å². The maximum atomic E-state index is 10.5. The summed E-state index contributed by atoms with van der Waals surface area (Å²) in [6.07, 6.45) is 1.07. The first kappa shape index (κ1) is 13.0. The molecular weight excluding hydrogens is 250 g/mol. The summed E-state index contributed by atoms with van der Waals surface area (Å²) in [7, 11) is 0. The van der Waals surface area contributed by atoms with Gasteiger partial charge in [-0.05, 0) is 36.5 Å². The van der Waals surface area contributed by atoms with Crippen molar-refractivity contribution in [2.24, 2.45) is 0 Å². The average Bonchev–Trinajstić information content (AvgIpc) is 2.48. The molecule has 2 aromatic carbocycles. The summed E-state index contributed by atoms with van der Waals surface area (Å²) in [4.78, 5) is 0. The Kier molecular flexibility index (Phi) is 3.61. The third-order valence-electron chi connectivity index (χ3n) is 3.95. The molecule has 1 aliphatic rings. The van der Waals surface area contributed by atoms with Crippen LogP contribution in [0.4, 0.5) is 5.69 Å². The molecule has 104 valence electrons. The maximum absolute atomic E-state index is 10.5. The fourth-order valence-electron chi connectivity index (χ4n) is 2.87. The van der Waals surface area contributed by atoms with Crippen molar-refractivity contribution in [1.82, 2.24) is 0 Å². The molecule has 20 heavy (non-hydrogen) atoms. The van der Waals surface area contributed by atoms with Gasteiger partial charge >= 0.3 is 0 Å². The van der Waals surface area contributed by atoms with Crippen LogP contribution in [0.25, 0.3) is 0 Å². The molecule has 3 rings (SSSR count). The van der Waals surface area contributed by atoms with E-state index in [-0.39, 0.29) is 0 Å². The van der Waals surface area contributed by atoms with Crippen molar-refractivity contribution in [2.75, 3.05) is 12.3 Å². The molecule has 1 heterocycles. The second-order valence-electron chi connectivity index (χ2n) is 5.25. The van der Waals surface area contributed by atoms with E-state index in [1.165, 1.54) is 5.56 Å². The lowest BCUT2D eigenvalue weighted by Crippen LogP contribution is -2.16. The minimum atomic E-state index is -0.535. The summed E-state index contributed by atoms with van der Waals surface area (Å²) in [5.74, 6) is 1.26. The number of ether oxygens (including phenoxy) is 1. The number of nitrogen functional groups attached to an aromatic ring is 1. The standard InChI is InChI=1S/C17H19NO2/c18-15-7-3-1-6-14(15)16(19)11-12-9-10-20-17-8-4-2-5-13(12)17/h1-8,12,16,19H,9-11,18H2. The predicted molar refractivity (Wildman–Crippen MR) is 79.7 cm³/mol. The highest BCUT2D eigenvalue weighted by atomic mass is 16.5. The van der Waals surface area contributed by atoms with Crippen molar-refractivity contribution >= 4 is 5.69 Å². The Labute approximate surface area is 119 Å². The molecule has 0 aliphatic carbocycles. The topological polar surface area (TPSA) is 55.5 Å². The van der Waals surface area contributed by atoms with Gasteiger partial charge in [-0.25, -0.2) is 0 Å². The predicted octanol–water partition coefficient (Wildman–Crippen LogP) is 3.26. The number of benzene rings is 2. The van der Waals surface area contributed by atoms with Gasteiger partial charge in [0.15, 0.2) is 0 Å². The molecule has 0 saturated carbocycles. The van der Waals surface area contributed by atoms with Gasteiger partial charge in [-0.3, -0.25) is 0 Å². The monoisotopic (exact) mass is 269 g/mol. The molecule has 0 spiro atoms. The van der Waals surface area contributed by atoms with E-state index in [0.717, 1.165) is 17.7 Å². The first-order chi connectivity index (χ1) is 9.75. The fraction of sp³-hybridized carbons (Fsp3) is 0.294. The van der Waals surface area contributed by atoms with Gasteiger partial charge in [-0.15, -0.1) is 0 Å². The van der Waals surface area contributed by atoms with Gasteiger partial charge in [0, 0.05) is 11.3 Å². The number of aliphatic hydroxyl groups excluding tert-OH is 1. The molecule has 0 amide bonds. The van der Waals surface area contributed by atoms with E-state index < -0.39 is 6.10 Å². The molecule has 2 aromatic rings. The first-order valence-corrected chi connectivity index (χ1v) is 7.00. The highest BCUT2D eigenvalue weighted by Gasteiger charge is 2.24. The van der Waals surface area contributed by atoms with Gasteiger partial charge in [-0.1, -0.05) is 36.4 Å². The quantitative estimate of drug-likeness (QED) is 0.841. The lowest BCUT2D eigenvalue weighted by Gasteiger charge is -2.27. The van der Waals surface area contributed by atoms with E-state index >= 15 is 0 Å². The number of rotatable bonds is 3. The second-order valence-corrected chi connectivity index (χ2v) is 5.25. The highest BCUT2D eigenvalue weighted by molar-refractivity contribution is 5.48. The average molecular weight is 269 g/mol. The normalized spacial score (nSPS) is 18.9. The van der Waals surface area contributed by atoms with E-state index in [9.17, 15) is 5.11 Å². The molecular formula is C17H19NO2. The number of hydrogen-bond donors (Lipinski definition) is 2. The molecule has 1 aliphatic heterocycles. The fourth-order valence-corrected chi connectivity index (χ4v) is 2.87. The van der Waals surface area contributed by atoms with Crippen molar-refractivity contribution in [2.45, 2.75) is 24.9 Å². The Balaban J connectivity index is 1.81. The van der Waals surface area contributed by atoms with Crippen LogP contribution in [0.5, 0.6) is 5.75 Å². The molecule has 0 saturated heterocycles. The zero-order valence-electron chi connectivity index (χ0n) is 11.3. The van der Waals surface area contributed by atoms with Crippen LogP contribution >= 0.6 is 0 Å². The molecule has 2 atom stereocenters. The van der Waals surface area contributed by atoms with Crippen LogP contribution in [0.1, 0.15) is 36.0 Å². The summed E-state index contributed by atoms with van der Waals surface area (Å²) < 4.78 is 5.66. The zero-order valence-corrected chi connectivity index (χ0v) is 11.3. The van der Waals surface area contributed by atoms with Crippen LogP contribution in [-0.2, 0) is 0 Å². The smallest absolute Gasteiger partial charge is 0.122 e. The van der Waals surface area contributed by atoms with Gasteiger partial charge < -0.3 is 15.6 Å². The van der Waals surface area contributed by atoms with E-state index in [1.54, 1.807) is 0 Å². The van der Waals surface area contributed by atoms with Crippen LogP contribution in [0.3, 0.4) is 0 Å². The van der Waals surface area contributed by atoms with Crippen LogP contribution in [-0.4, -0.2) is 11.7 Å². The van der Waals surface area contributed by atoms with Crippen LogP contribution in [0.15, 0.2) is 48.5 Å². The third kappa shape index (κ3) is 2.49. The molecule has 0 aromatic heterocycles. The first-order valence-electron chi connectivity index (χ1n) is 7.00. The summed E-state index contributed by atoms with van der Waals surface area (Å²) in [5.41, 5.74) is 8.59. The number of para-hydroxylation sites is 2. The van der Waals surface area contributed by atoms with Crippen molar-refractivity contribution in [3.63, 3.8) is 0 Å². The number of nitrogens with two attached hydrogens (primary N) is 1. The van der Waals surface area contributed by atoms with Crippen LogP contribution < -0.4 is 10.5 Å². The van der Waals surface area contributed by atoms with Crippen LogP contribution in [0, 0.1) is 0 Å². The van der Waals surface area contributed by atoms with Gasteiger partial charge in [0.2, 0.25) is 0 Å². The van der Waals surface area contributed by atoms with Crippen molar-refractivity contribution in [3.8, 4) is 5.75 Å². The summed E-state index contributed by atoms with van der Waals surface area (Å²) in [6, 6.07) is 15.6. The summed E-state index contributed by atoms with van der Waals surface area (Å²) >= 11 is 0. The molecule has 3 heteroatoms. The van der Waals surface area contributed by atoms with E-state index in [0.29, 0.717) is 24.6 Å². The van der Waals surface area contributed by atoms with E-state index in [1.807, 2.05) is 42.5 Å². The highest BCUT2D eigenvalue weighted by Crippen LogP contribution is 2.39. The molecule has 0 radical (unpaired) electrons. The van der Waals surface area contributed by atoms with E-state index in [2.05, 4.69) is 6.07 Å². The minimum absolute atomic E-state index is 0.314. The Hall–Kier alpha value is -2.00. The van der Waals surface area contributed by atoms with Crippen LogP contribution in [0.2, 0.25) is 0 Å². The molecule has 0 fully saturated rings. The maximum Gasteiger partial charge on any atom is 0.122 e. The molecule has 2 unspecified atom stereocenters. The van der Waals surface area contributed by atoms with E-state index in [4.69, 9.17) is 10.5 Å². The van der Waals surface area contributed by atoms with Crippen molar-refractivity contribution in [1.29, 1.82) is 0 Å². The van der Waals surface area contributed by atoms with Gasteiger partial charge in [-0.2, -0.15) is 0 Å². The Morgan fingerprint density at radius 1 is 1.15 bits per heavy atom. The minimum Gasteiger partial charge on any atom is -0.493 e. The third-order valence-corrected chi connectivity index (χ3v) is 3.95. The van der Waals surface area contributed by atoms with Gasteiger partial charge in [0.25, 0.3) is 0 Å². The Bertz CT molecular complexity index is 597. The Morgan fingerprint density at radius 3 is 2.75 bits per heavy atom. The second kappa shape index (κ2) is 5.55. The summed E-state index contributed by atoms with van der Waals surface area (Å²) in [6.45, 7) is 0.707. The SMILES string of the molecule is Nc1ccccc1C(O)CC1CCOc2ccccc21. The molecule has 3 nitrogen and oxygen atoms in total. The molecule has 0 bridgehead atoms. The number of hydrogen-bond acceptors (Lipinski definition) is 3. The Morgan fingerprint density at radius 2 is 1.90 bits per heavy atom. The van der Waals surface area contributed by atoms with Gasteiger partial charge in [0.1, 0.15) is 5.75 Å². The number of anilines is 1. The lowest BCUT2D eigenvalue weighted by molar-refractivity contribution is 0.145. The summed E-state index contributed by atoms with van der Waals surface area (Å²) in [5, 5.41) is 10.5. The number of fused-ring (bicyclic) bond motifs is 1. The lowest BCUT2D eigenvalue weighted by atomic mass is 9.86. The number of aliphatic hydroxyl groups is 1. The molecule has 3 N–H and O–H groups in total. The largest absolute Gasteiger partial charge is 0.493 e.